The van der Waals surface area contributed by atoms with Gasteiger partial charge in [0.1, 0.15) is 0 Å². The molecule has 4 aromatic rings. The molecular formula is C19H15IN2O3S. The van der Waals surface area contributed by atoms with Crippen LogP contribution < -0.4 is 19.6 Å². The highest BCUT2D eigenvalue weighted by Crippen LogP contribution is 2.34. The molecule has 0 spiro atoms. The van der Waals surface area contributed by atoms with Gasteiger partial charge < -0.3 is 9.47 Å². The number of fused-ring (bicyclic) bond motifs is 3. The number of rotatable bonds is 4. The molecule has 7 heteroatoms. The Hall–Kier alpha value is -2.13. The number of thiazole rings is 1. The third-order valence-electron chi connectivity index (χ3n) is 3.98. The van der Waals surface area contributed by atoms with Crippen LogP contribution in [0.2, 0.25) is 0 Å². The van der Waals surface area contributed by atoms with Crippen LogP contribution in [0.25, 0.3) is 22.1 Å². The standard InChI is InChI=1S/C19H15IN2O3S/c1-3-25-15-9-11(8-12(20)17(15)24-2)10-16-18(23)22-14-7-5-4-6-13(14)21-19(22)26-16/h4-10H,3H2,1-2H3/b16-10-. The third kappa shape index (κ3) is 2.84. The normalized spacial score (nSPS) is 12.2. The van der Waals surface area contributed by atoms with Crippen molar-refractivity contribution >= 4 is 56.0 Å². The van der Waals surface area contributed by atoms with E-state index in [1.165, 1.54) is 11.3 Å². The van der Waals surface area contributed by atoms with Gasteiger partial charge in [0.25, 0.3) is 5.56 Å². The second kappa shape index (κ2) is 6.88. The number of halogens is 1. The summed E-state index contributed by atoms with van der Waals surface area (Å²) < 4.78 is 14.3. The highest BCUT2D eigenvalue weighted by molar-refractivity contribution is 14.1. The number of imidazole rings is 1. The molecule has 0 aliphatic heterocycles. The first-order chi connectivity index (χ1) is 12.6. The first-order valence-corrected chi connectivity index (χ1v) is 9.94. The van der Waals surface area contributed by atoms with Crippen LogP contribution in [0.1, 0.15) is 12.5 Å². The molecule has 0 atom stereocenters. The molecule has 0 aliphatic carbocycles. The number of methoxy groups -OCH3 is 1. The van der Waals surface area contributed by atoms with Crippen molar-refractivity contribution in [2.24, 2.45) is 0 Å². The van der Waals surface area contributed by atoms with Gasteiger partial charge in [-0.25, -0.2) is 9.38 Å². The number of benzene rings is 2. The van der Waals surface area contributed by atoms with Crippen molar-refractivity contribution in [3.63, 3.8) is 0 Å². The maximum Gasteiger partial charge on any atom is 0.274 e. The average Bonchev–Trinajstić information content (AvgIpc) is 3.12. The molecule has 0 N–H and O–H groups in total. The van der Waals surface area contributed by atoms with Crippen molar-refractivity contribution in [3.8, 4) is 11.5 Å². The van der Waals surface area contributed by atoms with Crippen molar-refractivity contribution in [3.05, 3.63) is 60.4 Å². The highest BCUT2D eigenvalue weighted by Gasteiger charge is 2.13. The summed E-state index contributed by atoms with van der Waals surface area (Å²) in [5.41, 5.74) is 2.51. The van der Waals surface area contributed by atoms with E-state index in [1.807, 2.05) is 49.4 Å². The lowest BCUT2D eigenvalue weighted by Gasteiger charge is -2.11. The Morgan fingerprint density at radius 2 is 2.12 bits per heavy atom. The molecule has 4 rings (SSSR count). The van der Waals surface area contributed by atoms with Gasteiger partial charge in [-0.05, 0) is 65.4 Å². The van der Waals surface area contributed by atoms with Crippen molar-refractivity contribution in [1.29, 1.82) is 0 Å². The minimum absolute atomic E-state index is 0.0533. The van der Waals surface area contributed by atoms with Gasteiger partial charge in [-0.3, -0.25) is 4.79 Å². The van der Waals surface area contributed by atoms with Gasteiger partial charge in [-0.1, -0.05) is 23.5 Å². The van der Waals surface area contributed by atoms with Gasteiger partial charge in [-0.15, -0.1) is 0 Å². The molecular weight excluding hydrogens is 463 g/mol. The fraction of sp³-hybridized carbons (Fsp3) is 0.158. The second-order valence-corrected chi connectivity index (χ2v) is 7.77. The van der Waals surface area contributed by atoms with Crippen LogP contribution in [0.4, 0.5) is 0 Å². The van der Waals surface area contributed by atoms with E-state index in [1.54, 1.807) is 11.5 Å². The third-order valence-corrected chi connectivity index (χ3v) is 5.75. The highest BCUT2D eigenvalue weighted by atomic mass is 127. The SMILES string of the molecule is CCOc1cc(/C=c2\sc3nc4ccccc4n3c2=O)cc(I)c1OC. The first kappa shape index (κ1) is 17.3. The van der Waals surface area contributed by atoms with E-state index < -0.39 is 0 Å². The summed E-state index contributed by atoms with van der Waals surface area (Å²) in [7, 11) is 1.62. The Kier molecular flexibility index (Phi) is 4.58. The Morgan fingerprint density at radius 1 is 1.31 bits per heavy atom. The topological polar surface area (TPSA) is 52.8 Å². The van der Waals surface area contributed by atoms with Gasteiger partial charge in [0.2, 0.25) is 0 Å². The van der Waals surface area contributed by atoms with Crippen LogP contribution >= 0.6 is 33.9 Å². The minimum Gasteiger partial charge on any atom is -0.492 e. The number of para-hydroxylation sites is 2. The lowest BCUT2D eigenvalue weighted by Crippen LogP contribution is -2.22. The lowest BCUT2D eigenvalue weighted by atomic mass is 10.2. The summed E-state index contributed by atoms with van der Waals surface area (Å²) in [4.78, 5) is 18.1. The number of ether oxygens (including phenoxy) is 2. The average molecular weight is 478 g/mol. The molecule has 0 bridgehead atoms. The molecule has 2 heterocycles. The zero-order valence-corrected chi connectivity index (χ0v) is 17.1. The van der Waals surface area contributed by atoms with Crippen LogP contribution in [0.3, 0.4) is 0 Å². The molecule has 0 aliphatic rings. The molecule has 0 fully saturated rings. The first-order valence-electron chi connectivity index (χ1n) is 8.04. The van der Waals surface area contributed by atoms with Gasteiger partial charge in [0.05, 0.1) is 32.9 Å². The Morgan fingerprint density at radius 3 is 2.88 bits per heavy atom. The predicted molar refractivity (Wildman–Crippen MR) is 113 cm³/mol. The van der Waals surface area contributed by atoms with Crippen molar-refractivity contribution in [2.75, 3.05) is 13.7 Å². The Bertz CT molecular complexity index is 1230. The van der Waals surface area contributed by atoms with Crippen LogP contribution in [-0.2, 0) is 0 Å². The number of hydrogen-bond acceptors (Lipinski definition) is 5. The molecule has 0 unspecified atom stereocenters. The Labute approximate surface area is 167 Å². The summed E-state index contributed by atoms with van der Waals surface area (Å²) in [5, 5.41) is 0. The number of hydrogen-bond donors (Lipinski definition) is 0. The maximum atomic E-state index is 12.9. The van der Waals surface area contributed by atoms with Gasteiger partial charge >= 0.3 is 0 Å². The van der Waals surface area contributed by atoms with Crippen LogP contribution in [0.5, 0.6) is 11.5 Å². The van der Waals surface area contributed by atoms with Crippen LogP contribution in [0.15, 0.2) is 41.2 Å². The van der Waals surface area contributed by atoms with Crippen LogP contribution in [-0.4, -0.2) is 23.1 Å². The molecule has 0 saturated carbocycles. The molecule has 2 aromatic carbocycles. The largest absolute Gasteiger partial charge is 0.492 e. The van der Waals surface area contributed by atoms with Crippen molar-refractivity contribution in [2.45, 2.75) is 6.92 Å². The minimum atomic E-state index is -0.0533. The monoisotopic (exact) mass is 478 g/mol. The van der Waals surface area contributed by atoms with E-state index in [-0.39, 0.29) is 5.56 Å². The van der Waals surface area contributed by atoms with E-state index >= 15 is 0 Å². The zero-order chi connectivity index (χ0) is 18.3. The van der Waals surface area contributed by atoms with E-state index in [0.717, 1.165) is 20.2 Å². The molecule has 0 saturated heterocycles. The van der Waals surface area contributed by atoms with E-state index in [2.05, 4.69) is 27.6 Å². The number of nitrogens with zero attached hydrogens (tertiary/aromatic N) is 2. The molecule has 0 amide bonds. The maximum absolute atomic E-state index is 12.9. The summed E-state index contributed by atoms with van der Waals surface area (Å²) in [5.74, 6) is 1.38. The van der Waals surface area contributed by atoms with Gasteiger partial charge in [0.15, 0.2) is 16.5 Å². The van der Waals surface area contributed by atoms with Gasteiger partial charge in [-0.2, -0.15) is 0 Å². The number of aromatic nitrogens is 2. The summed E-state index contributed by atoms with van der Waals surface area (Å²) >= 11 is 3.60. The van der Waals surface area contributed by atoms with Crippen molar-refractivity contribution in [1.82, 2.24) is 9.38 Å². The van der Waals surface area contributed by atoms with Crippen LogP contribution in [0, 0.1) is 3.57 Å². The van der Waals surface area contributed by atoms with E-state index in [0.29, 0.717) is 27.6 Å². The second-order valence-electron chi connectivity index (χ2n) is 5.60. The summed E-state index contributed by atoms with van der Waals surface area (Å²) in [6.07, 6.45) is 1.88. The zero-order valence-electron chi connectivity index (χ0n) is 14.2. The predicted octanol–water partition coefficient (Wildman–Crippen LogP) is 3.47. The summed E-state index contributed by atoms with van der Waals surface area (Å²) in [6.45, 7) is 2.47. The molecule has 0 radical (unpaired) electrons. The summed E-state index contributed by atoms with van der Waals surface area (Å²) in [6, 6.07) is 11.5. The lowest BCUT2D eigenvalue weighted by molar-refractivity contribution is 0.309. The molecule has 132 valence electrons. The van der Waals surface area contributed by atoms with E-state index in [4.69, 9.17) is 9.47 Å². The smallest absolute Gasteiger partial charge is 0.274 e. The fourth-order valence-corrected chi connectivity index (χ4v) is 4.73. The van der Waals surface area contributed by atoms with Crippen molar-refractivity contribution < 1.29 is 9.47 Å². The molecule has 5 nitrogen and oxygen atoms in total. The van der Waals surface area contributed by atoms with E-state index in [9.17, 15) is 4.79 Å². The quantitative estimate of drug-likeness (QED) is 0.422. The Balaban J connectivity index is 1.91. The molecule has 26 heavy (non-hydrogen) atoms. The van der Waals surface area contributed by atoms with Gasteiger partial charge in [0, 0.05) is 0 Å². The molecule has 2 aromatic heterocycles. The fourth-order valence-electron chi connectivity index (χ4n) is 2.90.